The monoisotopic (exact) mass is 467 g/mol. The van der Waals surface area contributed by atoms with Gasteiger partial charge in [0.15, 0.2) is 11.5 Å². The summed E-state index contributed by atoms with van der Waals surface area (Å²) in [6.45, 7) is 5.60. The lowest BCUT2D eigenvalue weighted by molar-refractivity contribution is -0.126. The molecule has 11 heteroatoms. The van der Waals surface area contributed by atoms with Gasteiger partial charge in [0.2, 0.25) is 12.0 Å². The second kappa shape index (κ2) is 9.88. The molecule has 33 heavy (non-hydrogen) atoms. The molecule has 0 aliphatic heterocycles. The Hall–Kier alpha value is -3.63. The molecule has 4 rings (SSSR count). The molecule has 4 aromatic heterocycles. The maximum atomic E-state index is 13.1. The summed E-state index contributed by atoms with van der Waals surface area (Å²) in [5.41, 5.74) is 1.62. The standard InChI is InChI=1S/C22H22ClN7O3/c1-12(2)32-11-16(21(31)28-18-13(3)6-4-9-25-18)33-22-14-10-26-30-19(14)27-20(29-22)17-15(23)7-5-8-24-17/h4-10,12,16H,11H2,1-3H3,(H,25,28,31)(H,26,27,29,30)/t16-/m0/s1. The predicted molar refractivity (Wildman–Crippen MR) is 123 cm³/mol. The van der Waals surface area contributed by atoms with Crippen LogP contribution in [0.3, 0.4) is 0 Å². The van der Waals surface area contributed by atoms with Gasteiger partial charge in [-0.2, -0.15) is 10.1 Å². The molecule has 0 radical (unpaired) electrons. The fraction of sp³-hybridized carbons (Fsp3) is 0.273. The largest absolute Gasteiger partial charge is 0.461 e. The van der Waals surface area contributed by atoms with Crippen LogP contribution in [0.2, 0.25) is 5.02 Å². The zero-order valence-electron chi connectivity index (χ0n) is 18.2. The molecule has 0 spiro atoms. The van der Waals surface area contributed by atoms with Crippen molar-refractivity contribution in [3.63, 3.8) is 0 Å². The number of amides is 1. The first-order chi connectivity index (χ1) is 15.9. The topological polar surface area (TPSA) is 128 Å². The molecule has 0 unspecified atom stereocenters. The number of fused-ring (bicyclic) bond motifs is 1. The van der Waals surface area contributed by atoms with Crippen LogP contribution in [-0.4, -0.2) is 54.9 Å². The fourth-order valence-electron chi connectivity index (χ4n) is 2.95. The van der Waals surface area contributed by atoms with Gasteiger partial charge in [0.25, 0.3) is 5.91 Å². The van der Waals surface area contributed by atoms with Crippen LogP contribution in [-0.2, 0) is 9.53 Å². The molecule has 170 valence electrons. The molecule has 0 saturated heterocycles. The Kier molecular flexibility index (Phi) is 6.76. The van der Waals surface area contributed by atoms with E-state index in [9.17, 15) is 4.79 Å². The third-order valence-electron chi connectivity index (χ3n) is 4.62. The highest BCUT2D eigenvalue weighted by Gasteiger charge is 2.25. The van der Waals surface area contributed by atoms with Crippen LogP contribution in [0.1, 0.15) is 19.4 Å². The van der Waals surface area contributed by atoms with E-state index in [2.05, 4.69) is 35.5 Å². The maximum Gasteiger partial charge on any atom is 0.269 e. The van der Waals surface area contributed by atoms with Crippen molar-refractivity contribution < 1.29 is 14.3 Å². The number of hydrogen-bond donors (Lipinski definition) is 2. The summed E-state index contributed by atoms with van der Waals surface area (Å²) < 4.78 is 11.8. The summed E-state index contributed by atoms with van der Waals surface area (Å²) in [5, 5.41) is 10.5. The molecular formula is C22H22ClN7O3. The number of hydrogen-bond acceptors (Lipinski definition) is 8. The first kappa shape index (κ1) is 22.6. The minimum absolute atomic E-state index is 0.00158. The summed E-state index contributed by atoms with van der Waals surface area (Å²) in [7, 11) is 0. The van der Waals surface area contributed by atoms with Crippen molar-refractivity contribution in [3.8, 4) is 17.4 Å². The third-order valence-corrected chi connectivity index (χ3v) is 4.93. The first-order valence-electron chi connectivity index (χ1n) is 10.2. The number of carbonyl (C=O) groups excluding carboxylic acids is 1. The highest BCUT2D eigenvalue weighted by Crippen LogP contribution is 2.28. The Balaban J connectivity index is 1.68. The number of aromatic nitrogens is 6. The van der Waals surface area contributed by atoms with Gasteiger partial charge in [0.1, 0.15) is 16.9 Å². The lowest BCUT2D eigenvalue weighted by Gasteiger charge is -2.20. The smallest absolute Gasteiger partial charge is 0.269 e. The lowest BCUT2D eigenvalue weighted by atomic mass is 10.2. The van der Waals surface area contributed by atoms with Gasteiger partial charge in [-0.15, -0.1) is 0 Å². The van der Waals surface area contributed by atoms with E-state index in [4.69, 9.17) is 21.1 Å². The van der Waals surface area contributed by atoms with Crippen molar-refractivity contribution in [2.45, 2.75) is 33.0 Å². The summed E-state index contributed by atoms with van der Waals surface area (Å²) in [6.07, 6.45) is 3.59. The minimum atomic E-state index is -1.02. The summed E-state index contributed by atoms with van der Waals surface area (Å²) in [6, 6.07) is 7.04. The van der Waals surface area contributed by atoms with Gasteiger partial charge in [-0.3, -0.25) is 14.9 Å². The number of nitrogens with zero attached hydrogens (tertiary/aromatic N) is 5. The number of rotatable bonds is 8. The Bertz CT molecular complexity index is 1280. The molecule has 0 fully saturated rings. The van der Waals surface area contributed by atoms with E-state index in [0.29, 0.717) is 27.6 Å². The Morgan fingerprint density at radius 3 is 2.73 bits per heavy atom. The maximum absolute atomic E-state index is 13.1. The van der Waals surface area contributed by atoms with Gasteiger partial charge in [0.05, 0.1) is 23.9 Å². The van der Waals surface area contributed by atoms with Crippen molar-refractivity contribution in [2.24, 2.45) is 0 Å². The molecule has 1 atom stereocenters. The number of carbonyl (C=O) groups is 1. The molecule has 2 N–H and O–H groups in total. The molecule has 10 nitrogen and oxygen atoms in total. The molecule has 1 amide bonds. The van der Waals surface area contributed by atoms with Gasteiger partial charge >= 0.3 is 0 Å². The minimum Gasteiger partial charge on any atom is -0.461 e. The van der Waals surface area contributed by atoms with Gasteiger partial charge in [-0.05, 0) is 44.5 Å². The SMILES string of the molecule is Cc1cccnc1NC(=O)[C@H](COC(C)C)Oc1nc(-c2ncccc2Cl)nc2[nH]ncc12. The van der Waals surface area contributed by atoms with Crippen LogP contribution in [0, 0.1) is 6.92 Å². The van der Waals surface area contributed by atoms with Gasteiger partial charge in [0, 0.05) is 12.4 Å². The van der Waals surface area contributed by atoms with Gasteiger partial charge < -0.3 is 14.8 Å². The van der Waals surface area contributed by atoms with Crippen LogP contribution in [0.5, 0.6) is 5.88 Å². The van der Waals surface area contributed by atoms with Gasteiger partial charge in [-0.25, -0.2) is 9.97 Å². The van der Waals surface area contributed by atoms with Crippen molar-refractivity contribution in [3.05, 3.63) is 53.4 Å². The quantitative estimate of drug-likeness (QED) is 0.402. The normalized spacial score (nSPS) is 12.2. The molecular weight excluding hydrogens is 446 g/mol. The second-order valence-corrected chi connectivity index (χ2v) is 7.87. The molecule has 0 aliphatic rings. The molecule has 0 aromatic carbocycles. The Labute approximate surface area is 194 Å². The third kappa shape index (κ3) is 5.24. The molecule has 0 bridgehead atoms. The van der Waals surface area contributed by atoms with E-state index in [1.54, 1.807) is 30.6 Å². The fourth-order valence-corrected chi connectivity index (χ4v) is 3.15. The van der Waals surface area contributed by atoms with E-state index in [1.807, 2.05) is 26.8 Å². The highest BCUT2D eigenvalue weighted by atomic mass is 35.5. The number of H-pyrrole nitrogens is 1. The second-order valence-electron chi connectivity index (χ2n) is 7.47. The van der Waals surface area contributed by atoms with E-state index >= 15 is 0 Å². The summed E-state index contributed by atoms with van der Waals surface area (Å²) in [5.74, 6) is 0.399. The van der Waals surface area contributed by atoms with Crippen LogP contribution in [0.4, 0.5) is 5.82 Å². The number of pyridine rings is 2. The highest BCUT2D eigenvalue weighted by molar-refractivity contribution is 6.32. The van der Waals surface area contributed by atoms with E-state index in [-0.39, 0.29) is 24.4 Å². The van der Waals surface area contributed by atoms with Gasteiger partial charge in [-0.1, -0.05) is 17.7 Å². The molecule has 4 aromatic rings. The summed E-state index contributed by atoms with van der Waals surface area (Å²) in [4.78, 5) is 30.5. The molecule has 4 heterocycles. The van der Waals surface area contributed by atoms with Crippen molar-refractivity contribution in [1.82, 2.24) is 30.1 Å². The Morgan fingerprint density at radius 2 is 1.97 bits per heavy atom. The van der Waals surface area contributed by atoms with Crippen LogP contribution >= 0.6 is 11.6 Å². The van der Waals surface area contributed by atoms with E-state index in [1.165, 1.54) is 6.20 Å². The number of aromatic amines is 1. The zero-order valence-corrected chi connectivity index (χ0v) is 19.0. The zero-order chi connectivity index (χ0) is 23.4. The van der Waals surface area contributed by atoms with Crippen molar-refractivity contribution in [1.29, 1.82) is 0 Å². The molecule has 0 saturated carbocycles. The average Bonchev–Trinajstić information content (AvgIpc) is 3.27. The van der Waals surface area contributed by atoms with Crippen molar-refractivity contribution >= 4 is 34.4 Å². The number of nitrogens with one attached hydrogen (secondary N) is 2. The molecule has 0 aliphatic carbocycles. The number of anilines is 1. The van der Waals surface area contributed by atoms with Crippen LogP contribution < -0.4 is 10.1 Å². The Morgan fingerprint density at radius 1 is 1.18 bits per heavy atom. The van der Waals surface area contributed by atoms with E-state index < -0.39 is 12.0 Å². The number of aryl methyl sites for hydroxylation is 1. The number of ether oxygens (including phenoxy) is 2. The first-order valence-corrected chi connectivity index (χ1v) is 10.6. The average molecular weight is 468 g/mol. The van der Waals surface area contributed by atoms with Crippen LogP contribution in [0.15, 0.2) is 42.9 Å². The predicted octanol–water partition coefficient (Wildman–Crippen LogP) is 3.58. The lowest BCUT2D eigenvalue weighted by Crippen LogP contribution is -2.38. The van der Waals surface area contributed by atoms with E-state index in [0.717, 1.165) is 5.56 Å². The summed E-state index contributed by atoms with van der Waals surface area (Å²) >= 11 is 6.28. The van der Waals surface area contributed by atoms with Crippen molar-refractivity contribution in [2.75, 3.05) is 11.9 Å². The number of halogens is 1. The van der Waals surface area contributed by atoms with Crippen LogP contribution in [0.25, 0.3) is 22.6 Å².